The quantitative estimate of drug-likeness (QED) is 0.719. The van der Waals surface area contributed by atoms with Crippen LogP contribution in [0, 0.1) is 34.5 Å². The molecule has 0 saturated heterocycles. The van der Waals surface area contributed by atoms with Gasteiger partial charge in [0.25, 0.3) is 5.91 Å². The number of benzene rings is 1. The maximum Gasteiger partial charge on any atom is 0.325 e. The summed E-state index contributed by atoms with van der Waals surface area (Å²) < 4.78 is 4.97. The molecule has 0 aliphatic heterocycles. The summed E-state index contributed by atoms with van der Waals surface area (Å²) >= 11 is 0. The first kappa shape index (κ1) is 19.4. The van der Waals surface area contributed by atoms with E-state index in [-0.39, 0.29) is 17.9 Å². The lowest BCUT2D eigenvalue weighted by molar-refractivity contribution is -0.152. The van der Waals surface area contributed by atoms with Crippen LogP contribution in [-0.4, -0.2) is 30.9 Å². The Morgan fingerprint density at radius 3 is 2.38 bits per heavy atom. The number of amides is 2. The number of anilines is 1. The fourth-order valence-electron chi connectivity index (χ4n) is 5.79. The van der Waals surface area contributed by atoms with Crippen molar-refractivity contribution in [1.82, 2.24) is 5.32 Å². The molecule has 0 heterocycles. The minimum Gasteiger partial charge on any atom is -0.454 e. The average molecular weight is 395 g/mol. The third kappa shape index (κ3) is 4.26. The number of nitrogens with zero attached hydrogens (tertiary/aromatic N) is 1. The zero-order valence-corrected chi connectivity index (χ0v) is 16.3. The Balaban J connectivity index is 1.21. The molecule has 0 aromatic heterocycles. The van der Waals surface area contributed by atoms with Crippen LogP contribution in [-0.2, 0) is 19.1 Å². The maximum atomic E-state index is 12.8. The summed E-state index contributed by atoms with van der Waals surface area (Å²) in [7, 11) is 0. The summed E-state index contributed by atoms with van der Waals surface area (Å²) in [6.07, 6.45) is 6.56. The van der Waals surface area contributed by atoms with Crippen LogP contribution in [0.3, 0.4) is 0 Å². The third-order valence-corrected chi connectivity index (χ3v) is 6.55. The second kappa shape index (κ2) is 7.86. The highest BCUT2D eigenvalue weighted by atomic mass is 16.5. The Labute approximate surface area is 169 Å². The summed E-state index contributed by atoms with van der Waals surface area (Å²) in [5.41, 5.74) is 0.574. The van der Waals surface area contributed by atoms with E-state index in [2.05, 4.69) is 10.6 Å². The lowest BCUT2D eigenvalue weighted by atomic mass is 9.49. The average Bonchev–Trinajstić information content (AvgIpc) is 2.69. The molecule has 0 unspecified atom stereocenters. The predicted molar refractivity (Wildman–Crippen MR) is 104 cm³/mol. The molecule has 7 heteroatoms. The molecule has 29 heavy (non-hydrogen) atoms. The second-order valence-electron chi connectivity index (χ2n) is 8.78. The summed E-state index contributed by atoms with van der Waals surface area (Å²) in [4.78, 5) is 36.7. The van der Waals surface area contributed by atoms with Crippen molar-refractivity contribution in [1.29, 1.82) is 5.26 Å². The fraction of sp³-hybridized carbons (Fsp3) is 0.545. The number of nitrogens with one attached hydrogen (secondary N) is 2. The van der Waals surface area contributed by atoms with E-state index in [1.807, 2.05) is 6.07 Å². The van der Waals surface area contributed by atoms with E-state index in [1.165, 1.54) is 25.3 Å². The molecule has 5 rings (SSSR count). The van der Waals surface area contributed by atoms with Gasteiger partial charge in [-0.1, -0.05) is 6.07 Å². The number of nitriles is 1. The molecule has 0 atom stereocenters. The summed E-state index contributed by atoms with van der Waals surface area (Å²) in [5, 5.41) is 14.2. The number of hydrogen-bond donors (Lipinski definition) is 2. The van der Waals surface area contributed by atoms with Crippen LogP contribution in [0.25, 0.3) is 0 Å². The van der Waals surface area contributed by atoms with Crippen LogP contribution < -0.4 is 10.6 Å². The van der Waals surface area contributed by atoms with E-state index in [0.29, 0.717) is 29.0 Å². The highest BCUT2D eigenvalue weighted by Crippen LogP contribution is 2.60. The SMILES string of the molecule is N#Cc1cccc(NC(=O)COC(=O)CNC(=O)C23CC4CC(CC(C4)C2)C3)c1. The zero-order chi connectivity index (χ0) is 20.4. The first-order valence-electron chi connectivity index (χ1n) is 10.2. The highest BCUT2D eigenvalue weighted by Gasteiger charge is 2.54. The minimum atomic E-state index is -0.635. The van der Waals surface area contributed by atoms with Gasteiger partial charge in [0.15, 0.2) is 6.61 Å². The second-order valence-corrected chi connectivity index (χ2v) is 8.78. The molecule has 2 N–H and O–H groups in total. The fourth-order valence-corrected chi connectivity index (χ4v) is 5.79. The Kier molecular flexibility index (Phi) is 5.27. The molecular weight excluding hydrogens is 370 g/mol. The Bertz CT molecular complexity index is 838. The molecule has 4 bridgehead atoms. The van der Waals surface area contributed by atoms with E-state index in [4.69, 9.17) is 10.00 Å². The van der Waals surface area contributed by atoms with Crippen LogP contribution in [0.1, 0.15) is 44.1 Å². The molecular formula is C22H25N3O4. The number of rotatable bonds is 6. The highest BCUT2D eigenvalue weighted by molar-refractivity contribution is 5.93. The smallest absolute Gasteiger partial charge is 0.325 e. The molecule has 4 saturated carbocycles. The van der Waals surface area contributed by atoms with Gasteiger partial charge in [-0.15, -0.1) is 0 Å². The lowest BCUT2D eigenvalue weighted by Gasteiger charge is -2.55. The molecule has 0 radical (unpaired) electrons. The van der Waals surface area contributed by atoms with Crippen LogP contribution in [0.5, 0.6) is 0 Å². The van der Waals surface area contributed by atoms with Gasteiger partial charge in [-0.25, -0.2) is 0 Å². The first-order valence-corrected chi connectivity index (χ1v) is 10.2. The predicted octanol–water partition coefficient (Wildman–Crippen LogP) is 2.37. The normalized spacial score (nSPS) is 29.0. The van der Waals surface area contributed by atoms with Crippen molar-refractivity contribution < 1.29 is 19.1 Å². The van der Waals surface area contributed by atoms with Crippen molar-refractivity contribution in [2.24, 2.45) is 23.2 Å². The molecule has 7 nitrogen and oxygen atoms in total. The van der Waals surface area contributed by atoms with Crippen molar-refractivity contribution in [2.75, 3.05) is 18.5 Å². The van der Waals surface area contributed by atoms with Gasteiger partial charge >= 0.3 is 5.97 Å². The number of ether oxygens (including phenoxy) is 1. The Morgan fingerprint density at radius 1 is 1.10 bits per heavy atom. The lowest BCUT2D eigenvalue weighted by Crippen LogP contribution is -2.54. The van der Waals surface area contributed by atoms with Gasteiger partial charge in [-0.2, -0.15) is 5.26 Å². The van der Waals surface area contributed by atoms with Crippen LogP contribution in [0.2, 0.25) is 0 Å². The molecule has 1 aromatic rings. The van der Waals surface area contributed by atoms with Crippen LogP contribution >= 0.6 is 0 Å². The molecule has 152 valence electrons. The summed E-state index contributed by atoms with van der Waals surface area (Å²) in [5.74, 6) is 0.794. The van der Waals surface area contributed by atoms with Crippen molar-refractivity contribution in [3.63, 3.8) is 0 Å². The van der Waals surface area contributed by atoms with Gasteiger partial charge in [-0.3, -0.25) is 14.4 Å². The van der Waals surface area contributed by atoms with E-state index >= 15 is 0 Å². The zero-order valence-electron chi connectivity index (χ0n) is 16.3. The van der Waals surface area contributed by atoms with E-state index in [9.17, 15) is 14.4 Å². The standard InChI is InChI=1S/C22H25N3O4/c23-11-14-2-1-3-18(7-14)25-19(26)13-29-20(27)12-24-21(28)22-8-15-4-16(9-22)6-17(5-15)10-22/h1-3,7,15-17H,4-6,8-10,12-13H2,(H,24,28)(H,25,26). The Morgan fingerprint density at radius 2 is 1.76 bits per heavy atom. The van der Waals surface area contributed by atoms with Crippen molar-refractivity contribution in [3.05, 3.63) is 29.8 Å². The molecule has 0 spiro atoms. The van der Waals surface area contributed by atoms with Crippen molar-refractivity contribution in [3.8, 4) is 6.07 Å². The van der Waals surface area contributed by atoms with Gasteiger partial charge in [0.1, 0.15) is 6.54 Å². The number of carbonyl (C=O) groups excluding carboxylic acids is 3. The monoisotopic (exact) mass is 395 g/mol. The van der Waals surface area contributed by atoms with Crippen LogP contribution in [0.15, 0.2) is 24.3 Å². The minimum absolute atomic E-state index is 0.0358. The van der Waals surface area contributed by atoms with Gasteiger partial charge in [0.05, 0.1) is 11.6 Å². The van der Waals surface area contributed by atoms with Gasteiger partial charge < -0.3 is 15.4 Å². The first-order chi connectivity index (χ1) is 14.0. The molecule has 4 fully saturated rings. The van der Waals surface area contributed by atoms with E-state index in [0.717, 1.165) is 19.3 Å². The molecule has 4 aliphatic carbocycles. The maximum absolute atomic E-state index is 12.8. The van der Waals surface area contributed by atoms with Crippen LogP contribution in [0.4, 0.5) is 5.69 Å². The molecule has 4 aliphatic rings. The van der Waals surface area contributed by atoms with Crippen molar-refractivity contribution in [2.45, 2.75) is 38.5 Å². The van der Waals surface area contributed by atoms with Gasteiger partial charge in [0.2, 0.25) is 5.91 Å². The summed E-state index contributed by atoms with van der Waals surface area (Å²) in [6.45, 7) is -0.666. The van der Waals surface area contributed by atoms with E-state index < -0.39 is 18.5 Å². The topological polar surface area (TPSA) is 108 Å². The van der Waals surface area contributed by atoms with Crippen molar-refractivity contribution >= 4 is 23.5 Å². The number of hydrogen-bond acceptors (Lipinski definition) is 5. The number of esters is 1. The summed E-state index contributed by atoms with van der Waals surface area (Å²) in [6, 6.07) is 8.45. The van der Waals surface area contributed by atoms with Gasteiger partial charge in [0, 0.05) is 11.1 Å². The number of carbonyl (C=O) groups is 3. The molecule has 1 aromatic carbocycles. The largest absolute Gasteiger partial charge is 0.454 e. The Hall–Kier alpha value is -2.88. The van der Waals surface area contributed by atoms with Gasteiger partial charge in [-0.05, 0) is 74.5 Å². The van der Waals surface area contributed by atoms with E-state index in [1.54, 1.807) is 18.2 Å². The molecule has 2 amide bonds. The third-order valence-electron chi connectivity index (χ3n) is 6.55.